The van der Waals surface area contributed by atoms with Crippen molar-refractivity contribution in [3.63, 3.8) is 0 Å². The number of ether oxygens (including phenoxy) is 1. The molecule has 1 aliphatic heterocycles. The van der Waals surface area contributed by atoms with Gasteiger partial charge in [-0.1, -0.05) is 0 Å². The van der Waals surface area contributed by atoms with Crippen LogP contribution in [0.4, 0.5) is 0 Å². The van der Waals surface area contributed by atoms with Crippen LogP contribution in [0.2, 0.25) is 0 Å². The van der Waals surface area contributed by atoms with E-state index >= 15 is 0 Å². The largest absolute Gasteiger partial charge is 0.494 e. The number of carbonyl (C=O) groups excluding carboxylic acids is 2. The van der Waals surface area contributed by atoms with E-state index in [9.17, 15) is 9.59 Å². The molecule has 1 aliphatic rings. The van der Waals surface area contributed by atoms with Crippen LogP contribution in [0.25, 0.3) is 0 Å². The van der Waals surface area contributed by atoms with Crippen molar-refractivity contribution in [2.24, 2.45) is 0 Å². The van der Waals surface area contributed by atoms with Crippen molar-refractivity contribution in [3.8, 4) is 5.75 Å². The Morgan fingerprint density at radius 2 is 1.72 bits per heavy atom. The maximum absolute atomic E-state index is 12.6. The molecule has 2 aromatic rings. The van der Waals surface area contributed by atoms with Gasteiger partial charge in [-0.05, 0) is 43.3 Å². The molecule has 0 atom stereocenters. The number of piperazine rings is 1. The molecule has 0 spiro atoms. The Morgan fingerprint density at radius 3 is 2.32 bits per heavy atom. The highest BCUT2D eigenvalue weighted by Crippen LogP contribution is 2.15. The average Bonchev–Trinajstić information content (AvgIpc) is 3.15. The minimum absolute atomic E-state index is 0.000449. The maximum Gasteiger partial charge on any atom is 0.253 e. The van der Waals surface area contributed by atoms with Crippen LogP contribution in [0.15, 0.2) is 42.6 Å². The summed E-state index contributed by atoms with van der Waals surface area (Å²) < 4.78 is 5.40. The number of rotatable bonds is 5. The highest BCUT2D eigenvalue weighted by molar-refractivity contribution is 5.94. The Labute approximate surface area is 147 Å². The third-order valence-electron chi connectivity index (χ3n) is 4.34. The number of aromatic nitrogens is 1. The Hall–Kier alpha value is -2.76. The SMILES string of the molecule is CCOc1ccc(C(=O)N2CCN(C(=O)Cc3ccc[nH]3)CC2)cc1. The number of aromatic amines is 1. The zero-order chi connectivity index (χ0) is 17.6. The standard InChI is InChI=1S/C19H23N3O3/c1-2-25-17-7-5-15(6-8-17)19(24)22-12-10-21(11-13-22)18(23)14-16-4-3-9-20-16/h3-9,20H,2,10-14H2,1H3. The summed E-state index contributed by atoms with van der Waals surface area (Å²) in [6.07, 6.45) is 2.19. The van der Waals surface area contributed by atoms with Crippen molar-refractivity contribution in [1.29, 1.82) is 0 Å². The Morgan fingerprint density at radius 1 is 1.04 bits per heavy atom. The third kappa shape index (κ3) is 4.21. The number of benzene rings is 1. The van der Waals surface area contributed by atoms with Crippen molar-refractivity contribution in [1.82, 2.24) is 14.8 Å². The zero-order valence-electron chi connectivity index (χ0n) is 14.4. The van der Waals surface area contributed by atoms with Crippen LogP contribution < -0.4 is 4.74 Å². The van der Waals surface area contributed by atoms with Gasteiger partial charge < -0.3 is 19.5 Å². The van der Waals surface area contributed by atoms with Gasteiger partial charge in [-0.15, -0.1) is 0 Å². The van der Waals surface area contributed by atoms with Gasteiger partial charge in [-0.2, -0.15) is 0 Å². The molecule has 1 aromatic carbocycles. The molecule has 6 heteroatoms. The van der Waals surface area contributed by atoms with Crippen LogP contribution in [0.3, 0.4) is 0 Å². The number of nitrogens with one attached hydrogen (secondary N) is 1. The van der Waals surface area contributed by atoms with E-state index in [0.717, 1.165) is 11.4 Å². The highest BCUT2D eigenvalue weighted by Gasteiger charge is 2.24. The Balaban J connectivity index is 1.52. The van der Waals surface area contributed by atoms with E-state index < -0.39 is 0 Å². The van der Waals surface area contributed by atoms with Gasteiger partial charge in [0.25, 0.3) is 5.91 Å². The number of amides is 2. The molecule has 2 heterocycles. The monoisotopic (exact) mass is 341 g/mol. The van der Waals surface area contributed by atoms with Gasteiger partial charge in [0.15, 0.2) is 0 Å². The number of hydrogen-bond acceptors (Lipinski definition) is 3. The van der Waals surface area contributed by atoms with Gasteiger partial charge in [0, 0.05) is 43.6 Å². The molecular weight excluding hydrogens is 318 g/mol. The summed E-state index contributed by atoms with van der Waals surface area (Å²) in [5, 5.41) is 0. The van der Waals surface area contributed by atoms with Crippen LogP contribution in [0.5, 0.6) is 5.75 Å². The molecule has 25 heavy (non-hydrogen) atoms. The molecule has 0 unspecified atom stereocenters. The molecule has 3 rings (SSSR count). The molecule has 0 bridgehead atoms. The zero-order valence-corrected chi connectivity index (χ0v) is 14.4. The van der Waals surface area contributed by atoms with Crippen LogP contribution in [-0.4, -0.2) is 59.4 Å². The summed E-state index contributed by atoms with van der Waals surface area (Å²) in [5.74, 6) is 0.855. The fourth-order valence-corrected chi connectivity index (χ4v) is 2.95. The first kappa shape index (κ1) is 17.1. The maximum atomic E-state index is 12.6. The molecule has 0 saturated carbocycles. The summed E-state index contributed by atoms with van der Waals surface area (Å²) in [7, 11) is 0. The summed E-state index contributed by atoms with van der Waals surface area (Å²) >= 11 is 0. The number of H-pyrrole nitrogens is 1. The molecule has 2 amide bonds. The minimum atomic E-state index is -0.000449. The summed E-state index contributed by atoms with van der Waals surface area (Å²) in [6, 6.07) is 11.0. The predicted molar refractivity (Wildman–Crippen MR) is 94.6 cm³/mol. The lowest BCUT2D eigenvalue weighted by molar-refractivity contribution is -0.132. The van der Waals surface area contributed by atoms with E-state index in [1.54, 1.807) is 17.0 Å². The second-order valence-corrected chi connectivity index (χ2v) is 6.00. The first-order valence-corrected chi connectivity index (χ1v) is 8.59. The van der Waals surface area contributed by atoms with Gasteiger partial charge in [-0.25, -0.2) is 0 Å². The average molecular weight is 341 g/mol. The molecular formula is C19H23N3O3. The first-order valence-electron chi connectivity index (χ1n) is 8.59. The minimum Gasteiger partial charge on any atom is -0.494 e. The van der Waals surface area contributed by atoms with E-state index in [1.807, 2.05) is 42.3 Å². The Bertz CT molecular complexity index is 702. The van der Waals surface area contributed by atoms with E-state index in [4.69, 9.17) is 4.74 Å². The van der Waals surface area contributed by atoms with Crippen molar-refractivity contribution >= 4 is 11.8 Å². The quantitative estimate of drug-likeness (QED) is 0.904. The number of carbonyl (C=O) groups is 2. The van der Waals surface area contributed by atoms with E-state index in [-0.39, 0.29) is 11.8 Å². The van der Waals surface area contributed by atoms with Gasteiger partial charge in [0.05, 0.1) is 13.0 Å². The van der Waals surface area contributed by atoms with Crippen LogP contribution in [-0.2, 0) is 11.2 Å². The summed E-state index contributed by atoms with van der Waals surface area (Å²) in [5.41, 5.74) is 1.56. The molecule has 132 valence electrons. The lowest BCUT2D eigenvalue weighted by Crippen LogP contribution is -2.51. The van der Waals surface area contributed by atoms with Crippen molar-refractivity contribution in [3.05, 3.63) is 53.9 Å². The molecule has 1 saturated heterocycles. The normalized spacial score (nSPS) is 14.4. The lowest BCUT2D eigenvalue weighted by atomic mass is 10.1. The van der Waals surface area contributed by atoms with Crippen molar-refractivity contribution in [2.75, 3.05) is 32.8 Å². The van der Waals surface area contributed by atoms with Crippen molar-refractivity contribution < 1.29 is 14.3 Å². The van der Waals surface area contributed by atoms with Gasteiger partial charge in [-0.3, -0.25) is 9.59 Å². The fraction of sp³-hybridized carbons (Fsp3) is 0.368. The topological polar surface area (TPSA) is 65.6 Å². The molecule has 0 aliphatic carbocycles. The van der Waals surface area contributed by atoms with E-state index in [1.165, 1.54) is 0 Å². The summed E-state index contributed by atoms with van der Waals surface area (Å²) in [4.78, 5) is 31.5. The van der Waals surface area contributed by atoms with E-state index in [0.29, 0.717) is 44.8 Å². The van der Waals surface area contributed by atoms with Crippen LogP contribution in [0, 0.1) is 0 Å². The second kappa shape index (κ2) is 7.88. The fourth-order valence-electron chi connectivity index (χ4n) is 2.95. The van der Waals surface area contributed by atoms with Gasteiger partial charge in [0.2, 0.25) is 5.91 Å². The lowest BCUT2D eigenvalue weighted by Gasteiger charge is -2.34. The van der Waals surface area contributed by atoms with Crippen LogP contribution >= 0.6 is 0 Å². The molecule has 1 fully saturated rings. The predicted octanol–water partition coefficient (Wildman–Crippen LogP) is 1.94. The van der Waals surface area contributed by atoms with Crippen LogP contribution in [0.1, 0.15) is 23.0 Å². The number of hydrogen-bond donors (Lipinski definition) is 1. The van der Waals surface area contributed by atoms with Crippen molar-refractivity contribution in [2.45, 2.75) is 13.3 Å². The highest BCUT2D eigenvalue weighted by atomic mass is 16.5. The molecule has 0 radical (unpaired) electrons. The second-order valence-electron chi connectivity index (χ2n) is 6.00. The molecule has 1 N–H and O–H groups in total. The van der Waals surface area contributed by atoms with Gasteiger partial charge in [0.1, 0.15) is 5.75 Å². The Kier molecular flexibility index (Phi) is 5.38. The third-order valence-corrected chi connectivity index (χ3v) is 4.34. The molecule has 1 aromatic heterocycles. The first-order chi connectivity index (χ1) is 12.2. The van der Waals surface area contributed by atoms with Gasteiger partial charge >= 0.3 is 0 Å². The summed E-state index contributed by atoms with van der Waals surface area (Å²) in [6.45, 7) is 4.79. The smallest absolute Gasteiger partial charge is 0.253 e. The van der Waals surface area contributed by atoms with E-state index in [2.05, 4.69) is 4.98 Å². The molecule has 6 nitrogen and oxygen atoms in total. The number of nitrogens with zero attached hydrogens (tertiary/aromatic N) is 2.